The third kappa shape index (κ3) is 1.29. The summed E-state index contributed by atoms with van der Waals surface area (Å²) in [6, 6.07) is 0. The van der Waals surface area contributed by atoms with Crippen molar-refractivity contribution in [3.8, 4) is 0 Å². The summed E-state index contributed by atoms with van der Waals surface area (Å²) in [6.45, 7) is 1.92. The molecule has 1 fully saturated rings. The number of carbonyl (C=O) groups is 2. The van der Waals surface area contributed by atoms with Crippen molar-refractivity contribution < 1.29 is 18.9 Å². The summed E-state index contributed by atoms with van der Waals surface area (Å²) in [5.41, 5.74) is 0. The number of rotatable bonds is 2. The summed E-state index contributed by atoms with van der Waals surface area (Å²) in [5.74, 6) is -1.75. The third-order valence-electron chi connectivity index (χ3n) is 1.17. The maximum Gasteiger partial charge on any atom is 0.599 e. The lowest BCUT2D eigenvalue weighted by Gasteiger charge is -1.96. The predicted octanol–water partition coefficient (Wildman–Crippen LogP) is -0.0154. The first-order valence-electron chi connectivity index (χ1n) is 3.15. The summed E-state index contributed by atoms with van der Waals surface area (Å²) < 4.78 is 9.01. The Kier molecular flexibility index (Phi) is 1.94. The lowest BCUT2D eigenvalue weighted by molar-refractivity contribution is -0.150. The van der Waals surface area contributed by atoms with Gasteiger partial charge >= 0.3 is 19.1 Å². The van der Waals surface area contributed by atoms with Gasteiger partial charge in [-0.15, -0.1) is 0 Å². The summed E-state index contributed by atoms with van der Waals surface area (Å²) in [7, 11) is -0.634. The standard InChI is InChI=1S/C5H7BO4/c1-2-3-6-9-4(7)5(8)10-6/h2-3H2,1H3. The van der Waals surface area contributed by atoms with Crippen LogP contribution < -0.4 is 0 Å². The van der Waals surface area contributed by atoms with E-state index in [0.29, 0.717) is 6.32 Å². The van der Waals surface area contributed by atoms with Gasteiger partial charge in [0.1, 0.15) is 0 Å². The van der Waals surface area contributed by atoms with Crippen LogP contribution in [0.15, 0.2) is 0 Å². The van der Waals surface area contributed by atoms with Crippen molar-refractivity contribution in [1.29, 1.82) is 0 Å². The van der Waals surface area contributed by atoms with Crippen LogP contribution in [0.2, 0.25) is 6.32 Å². The quantitative estimate of drug-likeness (QED) is 0.401. The Morgan fingerprint density at radius 2 is 1.80 bits per heavy atom. The van der Waals surface area contributed by atoms with Gasteiger partial charge < -0.3 is 9.31 Å². The average Bonchev–Trinajstić information content (AvgIpc) is 2.14. The van der Waals surface area contributed by atoms with Crippen molar-refractivity contribution in [1.82, 2.24) is 0 Å². The van der Waals surface area contributed by atoms with Crippen LogP contribution in [0.1, 0.15) is 13.3 Å². The van der Waals surface area contributed by atoms with Gasteiger partial charge in [0.15, 0.2) is 0 Å². The highest BCUT2D eigenvalue weighted by Crippen LogP contribution is 2.08. The fourth-order valence-corrected chi connectivity index (χ4v) is 0.713. The summed E-state index contributed by atoms with van der Waals surface area (Å²) in [6.07, 6.45) is 1.41. The maximum absolute atomic E-state index is 10.4. The van der Waals surface area contributed by atoms with Crippen molar-refractivity contribution in [2.24, 2.45) is 0 Å². The number of carbonyl (C=O) groups excluding carboxylic acids is 2. The molecule has 0 spiro atoms. The van der Waals surface area contributed by atoms with E-state index in [4.69, 9.17) is 0 Å². The van der Waals surface area contributed by atoms with E-state index in [-0.39, 0.29) is 0 Å². The minimum atomic E-state index is -0.876. The van der Waals surface area contributed by atoms with E-state index in [0.717, 1.165) is 6.42 Å². The first kappa shape index (κ1) is 7.12. The molecule has 0 radical (unpaired) electrons. The van der Waals surface area contributed by atoms with E-state index in [1.54, 1.807) is 0 Å². The molecule has 0 bridgehead atoms. The smallest absolute Gasteiger partial charge is 0.491 e. The topological polar surface area (TPSA) is 52.6 Å². The van der Waals surface area contributed by atoms with E-state index in [1.807, 2.05) is 6.92 Å². The lowest BCUT2D eigenvalue weighted by atomic mass is 9.84. The van der Waals surface area contributed by atoms with E-state index in [9.17, 15) is 9.59 Å². The van der Waals surface area contributed by atoms with Crippen molar-refractivity contribution in [2.75, 3.05) is 0 Å². The molecule has 1 rings (SSSR count). The predicted molar refractivity (Wildman–Crippen MR) is 33.0 cm³/mol. The lowest BCUT2D eigenvalue weighted by Crippen LogP contribution is -2.13. The van der Waals surface area contributed by atoms with Gasteiger partial charge in [0.25, 0.3) is 0 Å². The van der Waals surface area contributed by atoms with E-state index in [2.05, 4.69) is 9.31 Å². The molecule has 0 aromatic heterocycles. The van der Waals surface area contributed by atoms with Crippen LogP contribution in [0, 0.1) is 0 Å². The Morgan fingerprint density at radius 3 is 2.20 bits per heavy atom. The second-order valence-corrected chi connectivity index (χ2v) is 2.03. The second-order valence-electron chi connectivity index (χ2n) is 2.03. The molecular weight excluding hydrogens is 135 g/mol. The first-order chi connectivity index (χ1) is 4.74. The van der Waals surface area contributed by atoms with Crippen molar-refractivity contribution >= 4 is 19.1 Å². The van der Waals surface area contributed by atoms with Gasteiger partial charge in [-0.2, -0.15) is 0 Å². The number of hydrogen-bond donors (Lipinski definition) is 0. The molecule has 0 N–H and O–H groups in total. The normalized spacial score (nSPS) is 17.1. The Hall–Kier alpha value is -0.995. The molecule has 1 heterocycles. The van der Waals surface area contributed by atoms with E-state index >= 15 is 0 Å². The Balaban J connectivity index is 2.41. The van der Waals surface area contributed by atoms with Crippen molar-refractivity contribution in [3.63, 3.8) is 0 Å². The molecular formula is C5H7BO4. The summed E-state index contributed by atoms with van der Waals surface area (Å²) >= 11 is 0. The molecule has 0 atom stereocenters. The molecule has 0 saturated carbocycles. The molecule has 0 amide bonds. The van der Waals surface area contributed by atoms with Crippen molar-refractivity contribution in [2.45, 2.75) is 19.7 Å². The van der Waals surface area contributed by atoms with Gasteiger partial charge in [0.05, 0.1) is 0 Å². The molecule has 0 aromatic rings. The van der Waals surface area contributed by atoms with Crippen LogP contribution in [-0.4, -0.2) is 19.1 Å². The van der Waals surface area contributed by atoms with Gasteiger partial charge in [-0.3, -0.25) is 0 Å². The fourth-order valence-electron chi connectivity index (χ4n) is 0.713. The fraction of sp³-hybridized carbons (Fsp3) is 0.600. The first-order valence-corrected chi connectivity index (χ1v) is 3.15. The van der Waals surface area contributed by atoms with Crippen LogP contribution in [-0.2, 0) is 18.9 Å². The number of hydrogen-bond acceptors (Lipinski definition) is 4. The van der Waals surface area contributed by atoms with Crippen LogP contribution in [0.3, 0.4) is 0 Å². The van der Waals surface area contributed by atoms with Crippen LogP contribution >= 0.6 is 0 Å². The molecule has 0 unspecified atom stereocenters. The zero-order valence-corrected chi connectivity index (χ0v) is 5.62. The monoisotopic (exact) mass is 142 g/mol. The highest BCUT2D eigenvalue weighted by Gasteiger charge is 2.38. The zero-order chi connectivity index (χ0) is 7.56. The minimum absolute atomic E-state index is 0.581. The molecule has 1 aliphatic rings. The van der Waals surface area contributed by atoms with Gasteiger partial charge in [0.2, 0.25) is 0 Å². The summed E-state index contributed by atoms with van der Waals surface area (Å²) in [4.78, 5) is 20.7. The maximum atomic E-state index is 10.4. The molecule has 4 nitrogen and oxygen atoms in total. The Morgan fingerprint density at radius 1 is 1.30 bits per heavy atom. The molecule has 5 heteroatoms. The summed E-state index contributed by atoms with van der Waals surface area (Å²) in [5, 5.41) is 0. The molecule has 0 aromatic carbocycles. The SMILES string of the molecule is CCCB1OC(=O)C(=O)O1. The van der Waals surface area contributed by atoms with E-state index < -0.39 is 19.1 Å². The van der Waals surface area contributed by atoms with Gasteiger partial charge in [-0.05, 0) is 0 Å². The van der Waals surface area contributed by atoms with Crippen LogP contribution in [0.5, 0.6) is 0 Å². The van der Waals surface area contributed by atoms with Gasteiger partial charge in [0, 0.05) is 6.32 Å². The molecule has 1 saturated heterocycles. The highest BCUT2D eigenvalue weighted by atomic mass is 16.7. The molecule has 1 aliphatic heterocycles. The van der Waals surface area contributed by atoms with Crippen molar-refractivity contribution in [3.05, 3.63) is 0 Å². The Bertz CT molecular complexity index is 151. The Labute approximate surface area is 58.6 Å². The van der Waals surface area contributed by atoms with Gasteiger partial charge in [-0.25, -0.2) is 9.59 Å². The molecule has 54 valence electrons. The van der Waals surface area contributed by atoms with E-state index in [1.165, 1.54) is 0 Å². The second kappa shape index (κ2) is 2.73. The zero-order valence-electron chi connectivity index (χ0n) is 5.62. The average molecular weight is 142 g/mol. The van der Waals surface area contributed by atoms with Gasteiger partial charge in [-0.1, -0.05) is 13.3 Å². The van der Waals surface area contributed by atoms with Crippen LogP contribution in [0.25, 0.3) is 0 Å². The molecule has 0 aliphatic carbocycles. The highest BCUT2D eigenvalue weighted by molar-refractivity contribution is 6.60. The third-order valence-corrected chi connectivity index (χ3v) is 1.17. The van der Waals surface area contributed by atoms with Crippen LogP contribution in [0.4, 0.5) is 0 Å². The molecule has 10 heavy (non-hydrogen) atoms. The minimum Gasteiger partial charge on any atom is -0.491 e. The largest absolute Gasteiger partial charge is 0.599 e.